The zero-order valence-corrected chi connectivity index (χ0v) is 15.7. The Kier molecular flexibility index (Phi) is 5.02. The van der Waals surface area contributed by atoms with E-state index in [1.165, 1.54) is 17.8 Å². The van der Waals surface area contributed by atoms with Gasteiger partial charge in [-0.2, -0.15) is 0 Å². The van der Waals surface area contributed by atoms with Crippen LogP contribution in [0.15, 0.2) is 6.33 Å². The molecular formula is C14H21FN5O5P. The van der Waals surface area contributed by atoms with Gasteiger partial charge in [0.05, 0.1) is 12.9 Å². The maximum absolute atomic E-state index is 15.2. The summed E-state index contributed by atoms with van der Waals surface area (Å²) in [6, 6.07) is 0. The number of nitrogens with zero attached hydrogens (tertiary/aromatic N) is 5. The van der Waals surface area contributed by atoms with Gasteiger partial charge in [0.2, 0.25) is 0 Å². The number of ether oxygens (including phenoxy) is 1. The number of aromatic nitrogens is 4. The number of alkyl halides is 1. The second-order valence-corrected chi connectivity index (χ2v) is 7.33. The minimum atomic E-state index is -3.22. The third kappa shape index (κ3) is 3.21. The highest BCUT2D eigenvalue weighted by Gasteiger charge is 2.55. The van der Waals surface area contributed by atoms with Crippen molar-refractivity contribution in [3.63, 3.8) is 0 Å². The Labute approximate surface area is 149 Å². The van der Waals surface area contributed by atoms with E-state index < -0.39 is 39.0 Å². The number of hydrogen-bond donors (Lipinski definition) is 2. The molecule has 12 heteroatoms. The van der Waals surface area contributed by atoms with E-state index in [9.17, 15) is 9.67 Å². The summed E-state index contributed by atoms with van der Waals surface area (Å²) in [5.41, 5.74) is -1.36. The first-order valence-electron chi connectivity index (χ1n) is 7.89. The van der Waals surface area contributed by atoms with Gasteiger partial charge in [-0.1, -0.05) is 0 Å². The van der Waals surface area contributed by atoms with E-state index in [2.05, 4.69) is 19.5 Å². The molecule has 5 atom stereocenters. The SMILES string of the molecule is Cc1nc(N(C)C)c2ncn([C@@H]3O[C@H](CO[PH](=O)O)[C@@H](O)[C@@]3(C)F)c2n1. The molecule has 0 spiro atoms. The molecule has 0 amide bonds. The molecule has 3 heterocycles. The third-order valence-electron chi connectivity index (χ3n) is 4.28. The molecule has 0 aliphatic carbocycles. The van der Waals surface area contributed by atoms with Crippen LogP contribution in [0.3, 0.4) is 0 Å². The van der Waals surface area contributed by atoms with Crippen molar-refractivity contribution in [2.45, 2.75) is 38.0 Å². The normalized spacial score (nSPS) is 30.0. The number of rotatable bonds is 5. The lowest BCUT2D eigenvalue weighted by Gasteiger charge is -2.24. The standard InChI is InChI=1S/C14H21FN5O5P/c1-7-17-11(19(3)4)9-12(18-7)20(6-16-9)13-14(2,15)10(21)8(25-13)5-24-26(22)23/h6,8,10,13,21,26H,5H2,1-4H3,(H,22,23)/t8-,10-,13-,14-/m1/s1. The molecule has 144 valence electrons. The van der Waals surface area contributed by atoms with Gasteiger partial charge in [-0.3, -0.25) is 9.13 Å². The largest absolute Gasteiger partial charge is 0.387 e. The van der Waals surface area contributed by atoms with Gasteiger partial charge in [-0.05, 0) is 13.8 Å². The molecule has 1 unspecified atom stereocenters. The number of aryl methyl sites for hydroxylation is 1. The highest BCUT2D eigenvalue weighted by atomic mass is 31.1. The summed E-state index contributed by atoms with van der Waals surface area (Å²) in [6.45, 7) is 2.49. The van der Waals surface area contributed by atoms with Crippen LogP contribution < -0.4 is 4.90 Å². The summed E-state index contributed by atoms with van der Waals surface area (Å²) >= 11 is 0. The average Bonchev–Trinajstić information content (AvgIpc) is 3.04. The van der Waals surface area contributed by atoms with Crippen molar-refractivity contribution < 1.29 is 28.2 Å². The Balaban J connectivity index is 2.02. The van der Waals surface area contributed by atoms with E-state index in [1.807, 2.05) is 0 Å². The average molecular weight is 389 g/mol. The molecule has 2 aromatic rings. The van der Waals surface area contributed by atoms with E-state index >= 15 is 4.39 Å². The van der Waals surface area contributed by atoms with E-state index in [4.69, 9.17) is 9.63 Å². The van der Waals surface area contributed by atoms with Crippen molar-refractivity contribution in [1.82, 2.24) is 19.5 Å². The zero-order chi connectivity index (χ0) is 19.2. The quantitative estimate of drug-likeness (QED) is 0.707. The van der Waals surface area contributed by atoms with E-state index in [1.54, 1.807) is 25.9 Å². The van der Waals surface area contributed by atoms with Crippen molar-refractivity contribution in [3.8, 4) is 0 Å². The van der Waals surface area contributed by atoms with Gasteiger partial charge in [-0.25, -0.2) is 19.3 Å². The van der Waals surface area contributed by atoms with Crippen LogP contribution in [0.2, 0.25) is 0 Å². The van der Waals surface area contributed by atoms with Crippen molar-refractivity contribution in [2.24, 2.45) is 0 Å². The molecule has 10 nitrogen and oxygen atoms in total. The van der Waals surface area contributed by atoms with Crippen LogP contribution in [0.1, 0.15) is 19.0 Å². The first-order chi connectivity index (χ1) is 12.1. The minimum absolute atomic E-state index is 0.361. The lowest BCUT2D eigenvalue weighted by Crippen LogP contribution is -2.40. The highest BCUT2D eigenvalue weighted by Crippen LogP contribution is 2.43. The summed E-state index contributed by atoms with van der Waals surface area (Å²) in [5, 5.41) is 10.2. The van der Waals surface area contributed by atoms with Gasteiger partial charge in [0.1, 0.15) is 18.0 Å². The summed E-state index contributed by atoms with van der Waals surface area (Å²) < 4.78 is 37.6. The number of aliphatic hydroxyl groups excluding tert-OH is 1. The van der Waals surface area contributed by atoms with Crippen LogP contribution >= 0.6 is 8.25 Å². The summed E-state index contributed by atoms with van der Waals surface area (Å²) in [5.74, 6) is 1.05. The third-order valence-corrected chi connectivity index (χ3v) is 4.69. The molecule has 3 rings (SSSR count). The van der Waals surface area contributed by atoms with Crippen LogP contribution in [0.5, 0.6) is 0 Å². The fourth-order valence-corrected chi connectivity index (χ4v) is 3.30. The number of halogens is 1. The molecule has 1 aliphatic heterocycles. The number of fused-ring (bicyclic) bond motifs is 1. The van der Waals surface area contributed by atoms with Gasteiger partial charge in [0.15, 0.2) is 28.9 Å². The first-order valence-corrected chi connectivity index (χ1v) is 9.16. The lowest BCUT2D eigenvalue weighted by molar-refractivity contribution is -0.0540. The van der Waals surface area contributed by atoms with E-state index in [0.29, 0.717) is 22.8 Å². The van der Waals surface area contributed by atoms with Crippen LogP contribution in [-0.4, -0.2) is 68.1 Å². The van der Waals surface area contributed by atoms with E-state index in [-0.39, 0.29) is 0 Å². The lowest BCUT2D eigenvalue weighted by atomic mass is 9.98. The minimum Gasteiger partial charge on any atom is -0.387 e. The number of imidazole rings is 1. The molecule has 1 fully saturated rings. The first kappa shape index (κ1) is 19.1. The molecule has 0 bridgehead atoms. The highest BCUT2D eigenvalue weighted by molar-refractivity contribution is 7.32. The van der Waals surface area contributed by atoms with Crippen LogP contribution in [-0.2, 0) is 13.8 Å². The number of hydrogen-bond acceptors (Lipinski definition) is 8. The Hall–Kier alpha value is -1.65. The fourth-order valence-electron chi connectivity index (χ4n) is 2.99. The molecule has 2 aromatic heterocycles. The second-order valence-electron chi connectivity index (χ2n) is 6.51. The van der Waals surface area contributed by atoms with Crippen molar-refractivity contribution in [3.05, 3.63) is 12.2 Å². The molecule has 1 saturated heterocycles. The Bertz CT molecular complexity index is 844. The molecule has 26 heavy (non-hydrogen) atoms. The smallest absolute Gasteiger partial charge is 0.316 e. The van der Waals surface area contributed by atoms with Gasteiger partial charge in [0, 0.05) is 14.1 Å². The zero-order valence-electron chi connectivity index (χ0n) is 14.7. The van der Waals surface area contributed by atoms with Crippen LogP contribution in [0, 0.1) is 6.92 Å². The van der Waals surface area contributed by atoms with Gasteiger partial charge in [-0.15, -0.1) is 0 Å². The molecule has 0 radical (unpaired) electrons. The number of anilines is 1. The number of aliphatic hydroxyl groups is 1. The molecule has 0 saturated carbocycles. The molecule has 0 aromatic carbocycles. The Morgan fingerprint density at radius 3 is 2.81 bits per heavy atom. The summed E-state index contributed by atoms with van der Waals surface area (Å²) in [7, 11) is 0.395. The topological polar surface area (TPSA) is 123 Å². The second kappa shape index (κ2) is 6.82. The van der Waals surface area contributed by atoms with Crippen LogP contribution in [0.25, 0.3) is 11.2 Å². The van der Waals surface area contributed by atoms with E-state index in [0.717, 1.165) is 0 Å². The maximum atomic E-state index is 15.2. The monoisotopic (exact) mass is 389 g/mol. The van der Waals surface area contributed by atoms with Crippen molar-refractivity contribution in [1.29, 1.82) is 0 Å². The predicted molar refractivity (Wildman–Crippen MR) is 91.0 cm³/mol. The molecule has 1 aliphatic rings. The molecular weight excluding hydrogens is 368 g/mol. The molecule has 2 N–H and O–H groups in total. The van der Waals surface area contributed by atoms with Gasteiger partial charge < -0.3 is 24.2 Å². The predicted octanol–water partition coefficient (Wildman–Crippen LogP) is 0.586. The summed E-state index contributed by atoms with van der Waals surface area (Å²) in [6.07, 6.45) is -2.52. The Morgan fingerprint density at radius 1 is 1.50 bits per heavy atom. The van der Waals surface area contributed by atoms with Gasteiger partial charge in [0.25, 0.3) is 0 Å². The van der Waals surface area contributed by atoms with Gasteiger partial charge >= 0.3 is 8.25 Å². The maximum Gasteiger partial charge on any atom is 0.316 e. The van der Waals surface area contributed by atoms with Crippen molar-refractivity contribution in [2.75, 3.05) is 25.6 Å². The van der Waals surface area contributed by atoms with Crippen LogP contribution in [0.4, 0.5) is 10.2 Å². The fraction of sp³-hybridized carbons (Fsp3) is 0.643. The Morgan fingerprint density at radius 2 is 2.19 bits per heavy atom. The summed E-state index contributed by atoms with van der Waals surface area (Å²) in [4.78, 5) is 23.5. The van der Waals surface area contributed by atoms with Crippen molar-refractivity contribution >= 4 is 25.2 Å².